The Labute approximate surface area is 245 Å². The largest absolute Gasteiger partial charge is 0.493 e. The molecule has 1 aliphatic heterocycles. The summed E-state index contributed by atoms with van der Waals surface area (Å²) in [6.07, 6.45) is 12.5. The third-order valence-corrected chi connectivity index (χ3v) is 9.10. The minimum absolute atomic E-state index is 0.00806. The van der Waals surface area contributed by atoms with Crippen molar-refractivity contribution < 1.29 is 27.4 Å². The van der Waals surface area contributed by atoms with E-state index in [0.29, 0.717) is 41.4 Å². The van der Waals surface area contributed by atoms with Crippen molar-refractivity contribution in [2.75, 3.05) is 19.8 Å². The first-order valence-electron chi connectivity index (χ1n) is 16.1. The number of alkyl halides is 1. The Morgan fingerprint density at radius 1 is 0.805 bits per heavy atom. The van der Waals surface area contributed by atoms with Crippen molar-refractivity contribution in [3.63, 3.8) is 0 Å². The van der Waals surface area contributed by atoms with E-state index < -0.39 is 12.0 Å². The van der Waals surface area contributed by atoms with Crippen molar-refractivity contribution in [1.82, 2.24) is 0 Å². The third-order valence-electron chi connectivity index (χ3n) is 9.10. The third kappa shape index (κ3) is 9.39. The van der Waals surface area contributed by atoms with Gasteiger partial charge in [-0.25, -0.2) is 13.2 Å². The molecule has 228 valence electrons. The SMILES string of the molecule is CCCCCC1CCC(C2CCC(c3ccc(C(F)CCOc4ccc(OCCCC)cc4F)cc3F)CC2)CO1. The molecule has 2 aromatic rings. The lowest BCUT2D eigenvalue weighted by molar-refractivity contribution is -0.0415. The van der Waals surface area contributed by atoms with Crippen molar-refractivity contribution in [2.24, 2.45) is 11.8 Å². The number of halogens is 3. The monoisotopic (exact) mass is 574 g/mol. The molecule has 3 nitrogen and oxygen atoms in total. The number of benzene rings is 2. The van der Waals surface area contributed by atoms with Gasteiger partial charge in [-0.1, -0.05) is 51.7 Å². The van der Waals surface area contributed by atoms with E-state index in [1.54, 1.807) is 18.2 Å². The smallest absolute Gasteiger partial charge is 0.168 e. The van der Waals surface area contributed by atoms with Gasteiger partial charge in [-0.15, -0.1) is 0 Å². The molecule has 0 N–H and O–H groups in total. The van der Waals surface area contributed by atoms with E-state index in [1.807, 2.05) is 0 Å². The van der Waals surface area contributed by atoms with Gasteiger partial charge in [-0.2, -0.15) is 0 Å². The molecule has 3 atom stereocenters. The summed E-state index contributed by atoms with van der Waals surface area (Å²) < 4.78 is 61.6. The number of hydrogen-bond donors (Lipinski definition) is 0. The maximum Gasteiger partial charge on any atom is 0.168 e. The van der Waals surface area contributed by atoms with Crippen LogP contribution in [-0.4, -0.2) is 25.9 Å². The van der Waals surface area contributed by atoms with Gasteiger partial charge in [0.1, 0.15) is 17.7 Å². The molecule has 0 radical (unpaired) electrons. The predicted molar refractivity (Wildman–Crippen MR) is 158 cm³/mol. The molecule has 0 bridgehead atoms. The minimum atomic E-state index is -1.38. The van der Waals surface area contributed by atoms with Gasteiger partial charge >= 0.3 is 0 Å². The van der Waals surface area contributed by atoms with Gasteiger partial charge in [-0.05, 0) is 98.4 Å². The molecule has 1 aliphatic carbocycles. The number of ether oxygens (including phenoxy) is 3. The van der Waals surface area contributed by atoms with E-state index in [0.717, 1.165) is 45.1 Å². The molecule has 1 saturated heterocycles. The van der Waals surface area contributed by atoms with Crippen LogP contribution in [0.5, 0.6) is 11.5 Å². The van der Waals surface area contributed by atoms with Gasteiger partial charge in [0.25, 0.3) is 0 Å². The summed E-state index contributed by atoms with van der Waals surface area (Å²) in [5.41, 5.74) is 1.01. The zero-order valence-electron chi connectivity index (χ0n) is 25.0. The molecular weight excluding hydrogens is 525 g/mol. The van der Waals surface area contributed by atoms with Crippen LogP contribution in [0, 0.1) is 23.5 Å². The summed E-state index contributed by atoms with van der Waals surface area (Å²) in [6, 6.07) is 9.24. The Bertz CT molecular complexity index is 1040. The lowest BCUT2D eigenvalue weighted by atomic mass is 9.72. The van der Waals surface area contributed by atoms with E-state index in [1.165, 1.54) is 56.7 Å². The highest BCUT2D eigenvalue weighted by Gasteiger charge is 2.32. The zero-order chi connectivity index (χ0) is 29.0. The van der Waals surface area contributed by atoms with Gasteiger partial charge in [-0.3, -0.25) is 0 Å². The summed E-state index contributed by atoms with van der Waals surface area (Å²) >= 11 is 0. The van der Waals surface area contributed by atoms with Gasteiger partial charge in [0, 0.05) is 12.5 Å². The van der Waals surface area contributed by atoms with E-state index in [9.17, 15) is 8.78 Å². The van der Waals surface area contributed by atoms with Crippen LogP contribution < -0.4 is 9.47 Å². The Morgan fingerprint density at radius 3 is 2.27 bits per heavy atom. The first-order valence-corrected chi connectivity index (χ1v) is 16.1. The van der Waals surface area contributed by atoms with E-state index in [2.05, 4.69) is 13.8 Å². The van der Waals surface area contributed by atoms with Gasteiger partial charge < -0.3 is 14.2 Å². The standard InChI is InChI=1S/C35H49F3O3/c1-3-5-7-8-29-15-13-28(24-41-29)25-9-11-26(12-10-25)31-17-14-27(22-33(31)37)32(36)19-21-40-35-18-16-30(23-34(35)38)39-20-6-4-2/h14,16-18,22-23,25-26,28-29,32H,3-13,15,19-21,24H2,1-2H3. The van der Waals surface area contributed by atoms with Crippen LogP contribution in [0.4, 0.5) is 13.2 Å². The maximum absolute atomic E-state index is 15.1. The van der Waals surface area contributed by atoms with Crippen molar-refractivity contribution in [3.8, 4) is 11.5 Å². The quantitative estimate of drug-likeness (QED) is 0.198. The highest BCUT2D eigenvalue weighted by Crippen LogP contribution is 2.42. The number of hydrogen-bond acceptors (Lipinski definition) is 3. The molecule has 1 saturated carbocycles. The fourth-order valence-corrected chi connectivity index (χ4v) is 6.48. The topological polar surface area (TPSA) is 27.7 Å². The highest BCUT2D eigenvalue weighted by molar-refractivity contribution is 5.33. The van der Waals surface area contributed by atoms with E-state index in [4.69, 9.17) is 14.2 Å². The van der Waals surface area contributed by atoms with Crippen LogP contribution in [0.1, 0.15) is 121 Å². The van der Waals surface area contributed by atoms with Crippen LogP contribution in [0.2, 0.25) is 0 Å². The van der Waals surface area contributed by atoms with Crippen molar-refractivity contribution in [3.05, 3.63) is 59.2 Å². The number of unbranched alkanes of at least 4 members (excludes halogenated alkanes) is 3. The molecule has 2 aromatic carbocycles. The minimum Gasteiger partial charge on any atom is -0.493 e. The zero-order valence-corrected chi connectivity index (χ0v) is 25.0. The average Bonchev–Trinajstić information content (AvgIpc) is 2.99. The van der Waals surface area contributed by atoms with Crippen molar-refractivity contribution in [2.45, 2.75) is 116 Å². The molecule has 2 aliphatic rings. The van der Waals surface area contributed by atoms with Crippen molar-refractivity contribution >= 4 is 0 Å². The van der Waals surface area contributed by atoms with Crippen LogP contribution in [0.15, 0.2) is 36.4 Å². The Hall–Kier alpha value is -2.21. The lowest BCUT2D eigenvalue weighted by Gasteiger charge is -2.38. The molecule has 6 heteroatoms. The molecule has 1 heterocycles. The summed E-state index contributed by atoms with van der Waals surface area (Å²) in [5.74, 6) is 1.12. The molecule has 3 unspecified atom stereocenters. The summed E-state index contributed by atoms with van der Waals surface area (Å²) in [5, 5.41) is 0. The second-order valence-electron chi connectivity index (χ2n) is 12.1. The Kier molecular flexibility index (Phi) is 12.7. The first kappa shape index (κ1) is 31.7. The van der Waals surface area contributed by atoms with E-state index >= 15 is 4.39 Å². The highest BCUT2D eigenvalue weighted by atomic mass is 19.1. The van der Waals surface area contributed by atoms with Crippen LogP contribution in [0.3, 0.4) is 0 Å². The lowest BCUT2D eigenvalue weighted by Crippen LogP contribution is -2.32. The molecule has 0 amide bonds. The van der Waals surface area contributed by atoms with Crippen molar-refractivity contribution in [1.29, 1.82) is 0 Å². The first-order chi connectivity index (χ1) is 20.0. The molecular formula is C35H49F3O3. The Balaban J connectivity index is 1.20. The summed E-state index contributed by atoms with van der Waals surface area (Å²) in [6.45, 7) is 5.70. The second-order valence-corrected chi connectivity index (χ2v) is 12.1. The second kappa shape index (κ2) is 16.4. The fourth-order valence-electron chi connectivity index (χ4n) is 6.48. The molecule has 4 rings (SSSR count). The molecule has 0 spiro atoms. The van der Waals surface area contributed by atoms with Gasteiger partial charge in [0.15, 0.2) is 11.6 Å². The van der Waals surface area contributed by atoms with Gasteiger partial charge in [0.05, 0.1) is 25.9 Å². The normalized spacial score (nSPS) is 23.7. The van der Waals surface area contributed by atoms with Crippen LogP contribution in [-0.2, 0) is 4.74 Å². The summed E-state index contributed by atoms with van der Waals surface area (Å²) in [7, 11) is 0. The average molecular weight is 575 g/mol. The number of rotatable bonds is 15. The predicted octanol–water partition coefficient (Wildman–Crippen LogP) is 10.3. The van der Waals surface area contributed by atoms with Crippen LogP contribution >= 0.6 is 0 Å². The summed E-state index contributed by atoms with van der Waals surface area (Å²) in [4.78, 5) is 0. The molecule has 0 aromatic heterocycles. The molecule has 41 heavy (non-hydrogen) atoms. The van der Waals surface area contributed by atoms with E-state index in [-0.39, 0.29) is 30.5 Å². The van der Waals surface area contributed by atoms with Gasteiger partial charge in [0.2, 0.25) is 0 Å². The fraction of sp³-hybridized carbons (Fsp3) is 0.657. The Morgan fingerprint density at radius 2 is 1.59 bits per heavy atom. The maximum atomic E-state index is 15.1. The molecule has 2 fully saturated rings. The van der Waals surface area contributed by atoms with Crippen LogP contribution in [0.25, 0.3) is 0 Å².